The van der Waals surface area contributed by atoms with Crippen LogP contribution in [0.5, 0.6) is 0 Å². The Kier molecular flexibility index (Phi) is 6.66. The predicted molar refractivity (Wildman–Crippen MR) is 92.8 cm³/mol. The zero-order valence-corrected chi connectivity index (χ0v) is 14.7. The van der Waals surface area contributed by atoms with Crippen molar-refractivity contribution in [1.29, 1.82) is 0 Å². The highest BCUT2D eigenvalue weighted by Gasteiger charge is 2.26. The summed E-state index contributed by atoms with van der Waals surface area (Å²) < 4.78 is 5.11. The second kappa shape index (κ2) is 8.73. The molecule has 0 aromatic heterocycles. The molecule has 1 saturated heterocycles. The molecule has 2 rings (SSSR count). The lowest BCUT2D eigenvalue weighted by Crippen LogP contribution is -2.40. The number of rotatable bonds is 7. The summed E-state index contributed by atoms with van der Waals surface area (Å²) in [5.41, 5.74) is 1.13. The van der Waals surface area contributed by atoms with Gasteiger partial charge in [0, 0.05) is 18.8 Å². The molecule has 2 atom stereocenters. The van der Waals surface area contributed by atoms with Gasteiger partial charge in [0.2, 0.25) is 0 Å². The van der Waals surface area contributed by atoms with E-state index < -0.39 is 12.1 Å². The van der Waals surface area contributed by atoms with Crippen molar-refractivity contribution in [3.63, 3.8) is 0 Å². The summed E-state index contributed by atoms with van der Waals surface area (Å²) in [5, 5.41) is 2.66. The van der Waals surface area contributed by atoms with Crippen LogP contribution >= 0.6 is 11.8 Å². The lowest BCUT2D eigenvalue weighted by atomic mass is 10.0. The Hall–Kier alpha value is -2.02. The fraction of sp³-hybridized carbons (Fsp3) is 0.471. The Morgan fingerprint density at radius 1 is 1.29 bits per heavy atom. The third-order valence-corrected chi connectivity index (χ3v) is 4.69. The number of ether oxygens (including phenoxy) is 1. The standard InChI is InChI=1S/C17H22N2O4S/c1-12(14-6-4-3-5-7-14)10-18-16(21)13(2)23-15(20)11-19-8-9-24-17(19)22/h3-7,12-13H,8-11H2,1-2H3,(H,18,21)/t12-,13-/m1/s1. The Balaban J connectivity index is 1.73. The van der Waals surface area contributed by atoms with Crippen LogP contribution in [0.25, 0.3) is 0 Å². The highest BCUT2D eigenvalue weighted by molar-refractivity contribution is 8.13. The van der Waals surface area contributed by atoms with E-state index in [-0.39, 0.29) is 23.6 Å². The van der Waals surface area contributed by atoms with Crippen LogP contribution in [0, 0.1) is 0 Å². The van der Waals surface area contributed by atoms with Gasteiger partial charge in [-0.2, -0.15) is 0 Å². The molecule has 24 heavy (non-hydrogen) atoms. The van der Waals surface area contributed by atoms with Crippen LogP contribution in [0.15, 0.2) is 30.3 Å². The summed E-state index contributed by atoms with van der Waals surface area (Å²) in [4.78, 5) is 36.7. The van der Waals surface area contributed by atoms with Crippen LogP contribution in [-0.2, 0) is 14.3 Å². The number of carbonyl (C=O) groups excluding carboxylic acids is 3. The molecule has 1 N–H and O–H groups in total. The molecule has 0 unspecified atom stereocenters. The van der Waals surface area contributed by atoms with Gasteiger partial charge in [0.25, 0.3) is 11.1 Å². The second-order valence-corrected chi connectivity index (χ2v) is 6.77. The van der Waals surface area contributed by atoms with E-state index in [4.69, 9.17) is 4.74 Å². The fourth-order valence-electron chi connectivity index (χ4n) is 2.31. The second-order valence-electron chi connectivity index (χ2n) is 5.72. The maximum atomic E-state index is 12.0. The van der Waals surface area contributed by atoms with Gasteiger partial charge < -0.3 is 15.0 Å². The average Bonchev–Trinajstić information content (AvgIpc) is 2.97. The molecule has 1 aromatic rings. The third-order valence-electron chi connectivity index (χ3n) is 3.79. The van der Waals surface area contributed by atoms with Crippen LogP contribution < -0.4 is 5.32 Å². The van der Waals surface area contributed by atoms with Crippen LogP contribution in [0.3, 0.4) is 0 Å². The number of nitrogens with one attached hydrogen (secondary N) is 1. The molecule has 0 saturated carbocycles. The maximum absolute atomic E-state index is 12.0. The summed E-state index contributed by atoms with van der Waals surface area (Å²) in [6, 6.07) is 9.86. The quantitative estimate of drug-likeness (QED) is 0.761. The van der Waals surface area contributed by atoms with Crippen molar-refractivity contribution in [2.45, 2.75) is 25.9 Å². The monoisotopic (exact) mass is 350 g/mol. The van der Waals surface area contributed by atoms with Crippen molar-refractivity contribution in [2.24, 2.45) is 0 Å². The molecule has 7 heteroatoms. The Labute approximate surface area is 145 Å². The highest BCUT2D eigenvalue weighted by atomic mass is 32.2. The molecular weight excluding hydrogens is 328 g/mol. The Bertz CT molecular complexity index is 594. The van der Waals surface area contributed by atoms with Crippen molar-refractivity contribution < 1.29 is 19.1 Å². The molecule has 1 aromatic carbocycles. The maximum Gasteiger partial charge on any atom is 0.326 e. The van der Waals surface area contributed by atoms with E-state index in [0.717, 1.165) is 5.56 Å². The third kappa shape index (κ3) is 5.26. The van der Waals surface area contributed by atoms with E-state index >= 15 is 0 Å². The molecule has 1 fully saturated rings. The van der Waals surface area contributed by atoms with Gasteiger partial charge in [-0.3, -0.25) is 14.4 Å². The van der Waals surface area contributed by atoms with Crippen molar-refractivity contribution >= 4 is 28.9 Å². The van der Waals surface area contributed by atoms with Gasteiger partial charge in [0.1, 0.15) is 6.54 Å². The van der Waals surface area contributed by atoms with Crippen molar-refractivity contribution in [1.82, 2.24) is 10.2 Å². The van der Waals surface area contributed by atoms with E-state index in [1.165, 1.54) is 23.6 Å². The summed E-state index contributed by atoms with van der Waals surface area (Å²) in [5.74, 6) is -0.0605. The fourth-order valence-corrected chi connectivity index (χ4v) is 3.13. The normalized spacial score (nSPS) is 16.6. The molecule has 0 radical (unpaired) electrons. The molecule has 1 heterocycles. The first-order valence-corrected chi connectivity index (χ1v) is 8.89. The SMILES string of the molecule is C[C@H](CNC(=O)[C@@H](C)OC(=O)CN1CCSC1=O)c1ccccc1. The van der Waals surface area contributed by atoms with E-state index in [1.54, 1.807) is 0 Å². The van der Waals surface area contributed by atoms with Gasteiger partial charge in [0.15, 0.2) is 6.10 Å². The number of hydrogen-bond acceptors (Lipinski definition) is 5. The number of carbonyl (C=O) groups is 3. The van der Waals surface area contributed by atoms with Crippen LogP contribution in [-0.4, -0.2) is 53.5 Å². The molecule has 0 spiro atoms. The minimum absolute atomic E-state index is 0.107. The van der Waals surface area contributed by atoms with Crippen molar-refractivity contribution in [3.05, 3.63) is 35.9 Å². The summed E-state index contributed by atoms with van der Waals surface area (Å²) in [6.45, 7) is 4.44. The van der Waals surface area contributed by atoms with E-state index in [1.807, 2.05) is 37.3 Å². The minimum atomic E-state index is -0.883. The molecule has 1 aliphatic heterocycles. The first-order valence-electron chi connectivity index (χ1n) is 7.91. The van der Waals surface area contributed by atoms with Crippen LogP contribution in [0.1, 0.15) is 25.3 Å². The number of thioether (sulfide) groups is 1. The summed E-state index contributed by atoms with van der Waals surface area (Å²) in [6.07, 6.45) is -0.883. The molecule has 0 aliphatic carbocycles. The van der Waals surface area contributed by atoms with E-state index in [2.05, 4.69) is 5.32 Å². The van der Waals surface area contributed by atoms with Gasteiger partial charge in [-0.15, -0.1) is 0 Å². The Morgan fingerprint density at radius 2 is 2.00 bits per heavy atom. The van der Waals surface area contributed by atoms with Gasteiger partial charge in [0.05, 0.1) is 0 Å². The molecular formula is C17H22N2O4S. The summed E-state index contributed by atoms with van der Waals surface area (Å²) >= 11 is 1.18. The van der Waals surface area contributed by atoms with E-state index in [9.17, 15) is 14.4 Å². The van der Waals surface area contributed by atoms with Crippen molar-refractivity contribution in [2.75, 3.05) is 25.4 Å². The lowest BCUT2D eigenvalue weighted by Gasteiger charge is -2.18. The summed E-state index contributed by atoms with van der Waals surface area (Å²) in [7, 11) is 0. The van der Waals surface area contributed by atoms with E-state index in [0.29, 0.717) is 18.8 Å². The number of esters is 1. The molecule has 0 bridgehead atoms. The number of nitrogens with zero attached hydrogens (tertiary/aromatic N) is 1. The highest BCUT2D eigenvalue weighted by Crippen LogP contribution is 2.17. The molecule has 130 valence electrons. The number of hydrogen-bond donors (Lipinski definition) is 1. The largest absolute Gasteiger partial charge is 0.451 e. The number of benzene rings is 1. The number of amides is 2. The zero-order valence-electron chi connectivity index (χ0n) is 13.9. The smallest absolute Gasteiger partial charge is 0.326 e. The van der Waals surface area contributed by atoms with Gasteiger partial charge in [-0.25, -0.2) is 0 Å². The van der Waals surface area contributed by atoms with Gasteiger partial charge in [-0.05, 0) is 18.4 Å². The minimum Gasteiger partial charge on any atom is -0.451 e. The van der Waals surface area contributed by atoms with Crippen LogP contribution in [0.4, 0.5) is 4.79 Å². The topological polar surface area (TPSA) is 75.7 Å². The predicted octanol–water partition coefficient (Wildman–Crippen LogP) is 2.01. The zero-order chi connectivity index (χ0) is 17.5. The lowest BCUT2D eigenvalue weighted by molar-refractivity contribution is -0.155. The average molecular weight is 350 g/mol. The molecule has 1 aliphatic rings. The van der Waals surface area contributed by atoms with Gasteiger partial charge in [-0.1, -0.05) is 49.0 Å². The van der Waals surface area contributed by atoms with Crippen molar-refractivity contribution in [3.8, 4) is 0 Å². The van der Waals surface area contributed by atoms with Gasteiger partial charge >= 0.3 is 5.97 Å². The first kappa shape index (κ1) is 18.3. The van der Waals surface area contributed by atoms with Crippen LogP contribution in [0.2, 0.25) is 0 Å². The Morgan fingerprint density at radius 3 is 2.62 bits per heavy atom. The molecule has 6 nitrogen and oxygen atoms in total. The molecule has 2 amide bonds. The first-order chi connectivity index (χ1) is 11.5.